The Balaban J connectivity index is 1.63. The van der Waals surface area contributed by atoms with Crippen molar-refractivity contribution in [2.45, 2.75) is 20.8 Å². The summed E-state index contributed by atoms with van der Waals surface area (Å²) >= 11 is 0. The minimum absolute atomic E-state index is 0.165. The highest BCUT2D eigenvalue weighted by atomic mass is 16.5. The fourth-order valence-electron chi connectivity index (χ4n) is 2.68. The molecule has 144 valence electrons. The zero-order valence-corrected chi connectivity index (χ0v) is 16.0. The normalized spacial score (nSPS) is 11.0. The second kappa shape index (κ2) is 8.39. The number of benzene rings is 2. The first kappa shape index (κ1) is 19.2. The van der Waals surface area contributed by atoms with Crippen LogP contribution in [0.4, 0.5) is 0 Å². The van der Waals surface area contributed by atoms with Crippen molar-refractivity contribution in [2.75, 3.05) is 6.61 Å². The highest BCUT2D eigenvalue weighted by Gasteiger charge is 2.10. The van der Waals surface area contributed by atoms with Crippen LogP contribution in [0.3, 0.4) is 0 Å². The van der Waals surface area contributed by atoms with Crippen LogP contribution in [0.25, 0.3) is 5.69 Å². The van der Waals surface area contributed by atoms with Gasteiger partial charge in [-0.25, -0.2) is 10.1 Å². The molecule has 0 radical (unpaired) electrons. The van der Waals surface area contributed by atoms with Gasteiger partial charge in [-0.2, -0.15) is 5.10 Å². The van der Waals surface area contributed by atoms with Crippen molar-refractivity contribution in [1.29, 1.82) is 0 Å². The topological polar surface area (TPSA) is 88.5 Å². The molecule has 0 saturated carbocycles. The van der Waals surface area contributed by atoms with Crippen LogP contribution in [0, 0.1) is 20.8 Å². The van der Waals surface area contributed by atoms with Gasteiger partial charge in [-0.15, -0.1) is 0 Å². The minimum atomic E-state index is -0.409. The number of nitrogens with one attached hydrogen (secondary N) is 2. The number of amides is 1. The molecule has 3 aromatic rings. The number of aromatic nitrogens is 2. The van der Waals surface area contributed by atoms with Crippen molar-refractivity contribution in [3.63, 3.8) is 0 Å². The Hall–Kier alpha value is -3.61. The van der Waals surface area contributed by atoms with E-state index in [1.807, 2.05) is 62.4 Å². The molecule has 0 unspecified atom stereocenters. The maximum Gasteiger partial charge on any atom is 0.280 e. The number of nitrogens with zero attached hydrogens (tertiary/aromatic N) is 2. The number of H-pyrrole nitrogens is 1. The van der Waals surface area contributed by atoms with E-state index in [1.165, 1.54) is 10.9 Å². The van der Waals surface area contributed by atoms with Crippen LogP contribution in [0.1, 0.15) is 22.4 Å². The average molecular weight is 378 g/mol. The molecule has 0 fully saturated rings. The van der Waals surface area contributed by atoms with E-state index in [0.29, 0.717) is 17.0 Å². The number of rotatable bonds is 6. The van der Waals surface area contributed by atoms with Crippen LogP contribution < -0.4 is 15.7 Å². The summed E-state index contributed by atoms with van der Waals surface area (Å²) in [7, 11) is 0. The summed E-state index contributed by atoms with van der Waals surface area (Å²) in [5, 5.41) is 6.89. The molecule has 1 amide bonds. The minimum Gasteiger partial charge on any atom is -0.483 e. The molecule has 3 rings (SSSR count). The molecule has 7 heteroatoms. The molecule has 1 heterocycles. The first-order valence-electron chi connectivity index (χ1n) is 8.84. The number of hydrazone groups is 1. The van der Waals surface area contributed by atoms with Gasteiger partial charge in [0.05, 0.1) is 17.5 Å². The fraction of sp³-hybridized carbons (Fsp3) is 0.190. The first-order valence-corrected chi connectivity index (χ1v) is 8.84. The number of aromatic amines is 1. The largest absolute Gasteiger partial charge is 0.483 e. The van der Waals surface area contributed by atoms with E-state index in [-0.39, 0.29) is 12.2 Å². The number of aryl methyl sites for hydroxylation is 3. The van der Waals surface area contributed by atoms with E-state index in [4.69, 9.17) is 4.74 Å². The van der Waals surface area contributed by atoms with Crippen LogP contribution in [-0.2, 0) is 4.79 Å². The summed E-state index contributed by atoms with van der Waals surface area (Å²) in [5.41, 5.74) is 5.89. The van der Waals surface area contributed by atoms with Crippen LogP contribution in [0.5, 0.6) is 5.75 Å². The lowest BCUT2D eigenvalue weighted by Crippen LogP contribution is -2.25. The predicted octanol–water partition coefficient (Wildman–Crippen LogP) is 2.62. The molecule has 0 aliphatic rings. The quantitative estimate of drug-likeness (QED) is 0.510. The Morgan fingerprint density at radius 3 is 2.68 bits per heavy atom. The van der Waals surface area contributed by atoms with Gasteiger partial charge >= 0.3 is 0 Å². The number of carbonyl (C=O) groups excluding carboxylic acids is 1. The summed E-state index contributed by atoms with van der Waals surface area (Å²) in [4.78, 5) is 24.5. The Bertz CT molecular complexity index is 1060. The fourth-order valence-corrected chi connectivity index (χ4v) is 2.68. The van der Waals surface area contributed by atoms with Crippen LogP contribution in [0.15, 0.2) is 58.4 Å². The van der Waals surface area contributed by atoms with E-state index in [2.05, 4.69) is 15.6 Å². The van der Waals surface area contributed by atoms with Gasteiger partial charge in [0.25, 0.3) is 11.5 Å². The molecule has 0 atom stereocenters. The first-order chi connectivity index (χ1) is 13.5. The monoisotopic (exact) mass is 378 g/mol. The van der Waals surface area contributed by atoms with Crippen LogP contribution >= 0.6 is 0 Å². The molecule has 0 aliphatic carbocycles. The van der Waals surface area contributed by atoms with Crippen molar-refractivity contribution < 1.29 is 9.53 Å². The van der Waals surface area contributed by atoms with Crippen LogP contribution in [-0.4, -0.2) is 28.5 Å². The number of ether oxygens (including phenoxy) is 1. The average Bonchev–Trinajstić information content (AvgIpc) is 2.97. The zero-order chi connectivity index (χ0) is 20.1. The van der Waals surface area contributed by atoms with Gasteiger partial charge in [0, 0.05) is 5.69 Å². The summed E-state index contributed by atoms with van der Waals surface area (Å²) in [6.45, 7) is 5.48. The Morgan fingerprint density at radius 1 is 1.18 bits per heavy atom. The maximum absolute atomic E-state index is 12.5. The van der Waals surface area contributed by atoms with Gasteiger partial charge in [-0.05, 0) is 50.1 Å². The third kappa shape index (κ3) is 4.37. The van der Waals surface area contributed by atoms with Gasteiger partial charge in [0.15, 0.2) is 6.61 Å². The van der Waals surface area contributed by atoms with Crippen molar-refractivity contribution in [2.24, 2.45) is 5.10 Å². The van der Waals surface area contributed by atoms with Gasteiger partial charge in [0.1, 0.15) is 5.75 Å². The molecule has 2 aromatic carbocycles. The summed E-state index contributed by atoms with van der Waals surface area (Å²) in [6.07, 6.45) is 1.34. The zero-order valence-electron chi connectivity index (χ0n) is 16.0. The molecule has 0 spiro atoms. The number of para-hydroxylation sites is 1. The maximum atomic E-state index is 12.5. The van der Waals surface area contributed by atoms with Gasteiger partial charge in [0.2, 0.25) is 0 Å². The van der Waals surface area contributed by atoms with E-state index < -0.39 is 5.91 Å². The smallest absolute Gasteiger partial charge is 0.280 e. The number of carbonyl (C=O) groups is 1. The van der Waals surface area contributed by atoms with Gasteiger partial charge < -0.3 is 4.74 Å². The Morgan fingerprint density at radius 2 is 1.93 bits per heavy atom. The van der Waals surface area contributed by atoms with Crippen molar-refractivity contribution >= 4 is 12.1 Å². The van der Waals surface area contributed by atoms with E-state index >= 15 is 0 Å². The standard InChI is InChI=1S/C21H22N4O3/c1-14-9-10-15(2)19(11-14)28-13-20(26)23-22-12-18-16(3)24-25(21(18)27)17-7-5-4-6-8-17/h4-12,24H,13H2,1-3H3,(H,23,26)/b22-12+. The van der Waals surface area contributed by atoms with E-state index in [9.17, 15) is 9.59 Å². The lowest BCUT2D eigenvalue weighted by molar-refractivity contribution is -0.123. The highest BCUT2D eigenvalue weighted by Crippen LogP contribution is 2.18. The summed E-state index contributed by atoms with van der Waals surface area (Å²) in [6, 6.07) is 15.0. The predicted molar refractivity (Wildman–Crippen MR) is 108 cm³/mol. The molecule has 0 saturated heterocycles. The third-order valence-corrected chi connectivity index (χ3v) is 4.22. The second-order valence-corrected chi connectivity index (χ2v) is 6.48. The van der Waals surface area contributed by atoms with Gasteiger partial charge in [-0.3, -0.25) is 14.7 Å². The van der Waals surface area contributed by atoms with Gasteiger partial charge in [-0.1, -0.05) is 30.3 Å². The third-order valence-electron chi connectivity index (χ3n) is 4.22. The Labute approximate surface area is 162 Å². The summed E-state index contributed by atoms with van der Waals surface area (Å²) in [5.74, 6) is 0.250. The highest BCUT2D eigenvalue weighted by molar-refractivity contribution is 5.83. The SMILES string of the molecule is Cc1ccc(C)c(OCC(=O)N/N=C/c2c(C)[nH]n(-c3ccccc3)c2=O)c1. The molecule has 1 aromatic heterocycles. The summed E-state index contributed by atoms with van der Waals surface area (Å²) < 4.78 is 6.97. The number of hydrogen-bond acceptors (Lipinski definition) is 4. The lowest BCUT2D eigenvalue weighted by Gasteiger charge is -2.08. The molecule has 28 heavy (non-hydrogen) atoms. The lowest BCUT2D eigenvalue weighted by atomic mass is 10.1. The molecular weight excluding hydrogens is 356 g/mol. The molecular formula is C21H22N4O3. The molecule has 0 bridgehead atoms. The second-order valence-electron chi connectivity index (χ2n) is 6.48. The van der Waals surface area contributed by atoms with E-state index in [0.717, 1.165) is 16.8 Å². The molecule has 2 N–H and O–H groups in total. The molecule has 0 aliphatic heterocycles. The van der Waals surface area contributed by atoms with Crippen molar-refractivity contribution in [3.8, 4) is 11.4 Å². The van der Waals surface area contributed by atoms with E-state index in [1.54, 1.807) is 6.92 Å². The number of hydrogen-bond donors (Lipinski definition) is 2. The Kier molecular flexibility index (Phi) is 5.74. The molecule has 7 nitrogen and oxygen atoms in total. The van der Waals surface area contributed by atoms with Crippen molar-refractivity contribution in [1.82, 2.24) is 15.2 Å². The van der Waals surface area contributed by atoms with Crippen molar-refractivity contribution in [3.05, 3.63) is 81.3 Å². The van der Waals surface area contributed by atoms with Crippen LogP contribution in [0.2, 0.25) is 0 Å².